The van der Waals surface area contributed by atoms with E-state index in [2.05, 4.69) is 15.6 Å². The molecule has 0 bridgehead atoms. The van der Waals surface area contributed by atoms with E-state index in [-0.39, 0.29) is 23.7 Å². The van der Waals surface area contributed by atoms with E-state index in [1.165, 1.54) is 17.8 Å². The summed E-state index contributed by atoms with van der Waals surface area (Å²) in [7, 11) is 0. The van der Waals surface area contributed by atoms with E-state index in [1.807, 2.05) is 39.0 Å². The van der Waals surface area contributed by atoms with Gasteiger partial charge in [0.05, 0.1) is 5.56 Å². The second-order valence-corrected chi connectivity index (χ2v) is 9.19. The van der Waals surface area contributed by atoms with E-state index >= 15 is 0 Å². The number of amides is 2. The third-order valence-corrected chi connectivity index (χ3v) is 6.63. The Hall–Kier alpha value is -3.00. The van der Waals surface area contributed by atoms with E-state index in [4.69, 9.17) is 4.74 Å². The number of thioether (sulfide) groups is 1. The molecule has 1 aromatic heterocycles. The first kappa shape index (κ1) is 22.2. The number of benzene rings is 2. The number of aromatic nitrogens is 1. The van der Waals surface area contributed by atoms with Gasteiger partial charge in [-0.25, -0.2) is 9.18 Å². The molecule has 2 aromatic carbocycles. The fourth-order valence-electron chi connectivity index (χ4n) is 4.02. The zero-order chi connectivity index (χ0) is 22.8. The van der Waals surface area contributed by atoms with Gasteiger partial charge in [0.1, 0.15) is 11.9 Å². The lowest BCUT2D eigenvalue weighted by Crippen LogP contribution is -2.32. The summed E-state index contributed by atoms with van der Waals surface area (Å²) in [5, 5.41) is 6.63. The van der Waals surface area contributed by atoms with Crippen molar-refractivity contribution in [1.82, 2.24) is 10.3 Å². The average Bonchev–Trinajstić information content (AvgIpc) is 3.41. The maximum Gasteiger partial charge on any atom is 0.407 e. The van der Waals surface area contributed by atoms with Crippen molar-refractivity contribution in [3.63, 3.8) is 0 Å². The van der Waals surface area contributed by atoms with Gasteiger partial charge in [0, 0.05) is 51.1 Å². The Morgan fingerprint density at radius 2 is 2.06 bits per heavy atom. The van der Waals surface area contributed by atoms with Crippen molar-refractivity contribution in [3.8, 4) is 11.3 Å². The van der Waals surface area contributed by atoms with Crippen LogP contribution in [0, 0.1) is 11.7 Å². The normalized spacial score (nSPS) is 13.5. The van der Waals surface area contributed by atoms with E-state index in [0.717, 1.165) is 17.7 Å². The van der Waals surface area contributed by atoms with Gasteiger partial charge in [0.15, 0.2) is 0 Å². The number of carbonyl (C=O) groups excluding carboxylic acids is 2. The van der Waals surface area contributed by atoms with Crippen molar-refractivity contribution in [3.05, 3.63) is 47.9 Å². The Kier molecular flexibility index (Phi) is 6.41. The van der Waals surface area contributed by atoms with Gasteiger partial charge in [-0.1, -0.05) is 20.8 Å². The summed E-state index contributed by atoms with van der Waals surface area (Å²) in [5.41, 5.74) is 2.60. The van der Waals surface area contributed by atoms with Crippen LogP contribution in [0.25, 0.3) is 22.0 Å². The van der Waals surface area contributed by atoms with Gasteiger partial charge < -0.3 is 20.4 Å². The molecule has 1 aliphatic heterocycles. The Morgan fingerprint density at radius 3 is 2.75 bits per heavy atom. The minimum absolute atomic E-state index is 0.123. The van der Waals surface area contributed by atoms with Crippen LogP contribution in [-0.2, 0) is 4.74 Å². The van der Waals surface area contributed by atoms with Crippen LogP contribution in [0.2, 0.25) is 0 Å². The number of rotatable bonds is 8. The van der Waals surface area contributed by atoms with Gasteiger partial charge in [0.25, 0.3) is 5.91 Å². The van der Waals surface area contributed by atoms with E-state index in [0.29, 0.717) is 39.2 Å². The Labute approximate surface area is 190 Å². The lowest BCUT2D eigenvalue weighted by atomic mass is 9.97. The highest BCUT2D eigenvalue weighted by molar-refractivity contribution is 7.99. The largest absolute Gasteiger partial charge is 0.446 e. The highest BCUT2D eigenvalue weighted by Crippen LogP contribution is 2.44. The molecule has 3 N–H and O–H groups in total. The molecule has 6 nitrogen and oxygen atoms in total. The number of nitrogens with one attached hydrogen (secondary N) is 3. The first-order valence-electron chi connectivity index (χ1n) is 10.7. The molecule has 2 amide bonds. The summed E-state index contributed by atoms with van der Waals surface area (Å²) in [6.45, 7) is 6.39. The fourth-order valence-corrected chi connectivity index (χ4v) is 4.99. The van der Waals surface area contributed by atoms with Crippen molar-refractivity contribution in [2.45, 2.75) is 38.2 Å². The highest BCUT2D eigenvalue weighted by atomic mass is 32.2. The number of hydrogen-bond acceptors (Lipinski definition) is 4. The monoisotopic (exact) mass is 455 g/mol. The molecule has 1 unspecified atom stereocenters. The molecule has 168 valence electrons. The summed E-state index contributed by atoms with van der Waals surface area (Å²) in [6.07, 6.45) is 1.98. The number of hydrogen-bond donors (Lipinski definition) is 3. The average molecular weight is 456 g/mol. The van der Waals surface area contributed by atoms with Crippen LogP contribution in [0.15, 0.2) is 41.4 Å². The quantitative estimate of drug-likeness (QED) is 0.296. The number of ether oxygens (including phenoxy) is 1. The maximum atomic E-state index is 14.9. The van der Waals surface area contributed by atoms with E-state index < -0.39 is 6.09 Å². The molecule has 8 heteroatoms. The standard InChI is InChI=1S/C24H26FN3O3S/c1-4-18(13(2)3)31-24(30)27-10-11-32-19-12-14(16-6-5-9-26-16)20-22-17(28-23(20)29)8-7-15(25)21(19)22/h5-9,12-13,18,26H,4,10-11H2,1-3H3,(H,27,30)(H,28,29). The van der Waals surface area contributed by atoms with Crippen LogP contribution < -0.4 is 10.6 Å². The summed E-state index contributed by atoms with van der Waals surface area (Å²) in [5.74, 6) is 0.158. The topological polar surface area (TPSA) is 83.2 Å². The molecule has 0 aliphatic carbocycles. The molecular weight excluding hydrogens is 429 g/mol. The van der Waals surface area contributed by atoms with Crippen molar-refractivity contribution < 1.29 is 18.7 Å². The zero-order valence-corrected chi connectivity index (χ0v) is 19.1. The lowest BCUT2D eigenvalue weighted by molar-refractivity contribution is 0.0692. The van der Waals surface area contributed by atoms with Crippen molar-refractivity contribution >= 4 is 40.2 Å². The number of halogens is 1. The molecule has 32 heavy (non-hydrogen) atoms. The van der Waals surface area contributed by atoms with Crippen LogP contribution in [0.1, 0.15) is 37.6 Å². The molecule has 0 spiro atoms. The molecule has 0 radical (unpaired) electrons. The van der Waals surface area contributed by atoms with Crippen LogP contribution in [0.4, 0.5) is 14.9 Å². The third-order valence-electron chi connectivity index (χ3n) is 5.59. The first-order valence-corrected chi connectivity index (χ1v) is 11.7. The lowest BCUT2D eigenvalue weighted by Gasteiger charge is -2.19. The van der Waals surface area contributed by atoms with Gasteiger partial charge in [-0.05, 0) is 42.7 Å². The zero-order valence-electron chi connectivity index (χ0n) is 18.3. The van der Waals surface area contributed by atoms with Gasteiger partial charge in [-0.15, -0.1) is 11.8 Å². The second-order valence-electron chi connectivity index (χ2n) is 8.05. The van der Waals surface area contributed by atoms with Crippen molar-refractivity contribution in [2.75, 3.05) is 17.6 Å². The summed E-state index contributed by atoms with van der Waals surface area (Å²) in [4.78, 5) is 28.6. The number of alkyl carbamates (subject to hydrolysis) is 1. The molecule has 2 heterocycles. The molecule has 1 atom stereocenters. The molecule has 4 rings (SSSR count). The molecular formula is C24H26FN3O3S. The van der Waals surface area contributed by atoms with Gasteiger partial charge in [-0.3, -0.25) is 4.79 Å². The van der Waals surface area contributed by atoms with Crippen LogP contribution >= 0.6 is 11.8 Å². The second kappa shape index (κ2) is 9.24. The summed E-state index contributed by atoms with van der Waals surface area (Å²) >= 11 is 1.43. The Bertz CT molecular complexity index is 1160. The van der Waals surface area contributed by atoms with Crippen molar-refractivity contribution in [1.29, 1.82) is 0 Å². The predicted molar refractivity (Wildman–Crippen MR) is 126 cm³/mol. The number of anilines is 1. The number of carbonyl (C=O) groups is 2. The Balaban J connectivity index is 1.57. The van der Waals surface area contributed by atoms with Crippen LogP contribution in [0.5, 0.6) is 0 Å². The van der Waals surface area contributed by atoms with E-state index in [1.54, 1.807) is 12.3 Å². The van der Waals surface area contributed by atoms with Gasteiger partial charge in [-0.2, -0.15) is 0 Å². The van der Waals surface area contributed by atoms with E-state index in [9.17, 15) is 14.0 Å². The number of aromatic amines is 1. The maximum absolute atomic E-state index is 14.9. The van der Waals surface area contributed by atoms with Gasteiger partial charge >= 0.3 is 6.09 Å². The molecule has 0 saturated heterocycles. The molecule has 0 fully saturated rings. The fraction of sp³-hybridized carbons (Fsp3) is 0.333. The Morgan fingerprint density at radius 1 is 1.25 bits per heavy atom. The minimum Gasteiger partial charge on any atom is -0.446 e. The summed E-state index contributed by atoms with van der Waals surface area (Å²) < 4.78 is 20.3. The van der Waals surface area contributed by atoms with Crippen LogP contribution in [-0.4, -0.2) is 35.4 Å². The molecule has 1 aliphatic rings. The minimum atomic E-state index is -0.445. The first-order chi connectivity index (χ1) is 15.4. The highest BCUT2D eigenvalue weighted by Gasteiger charge is 2.29. The third kappa shape index (κ3) is 4.19. The predicted octanol–water partition coefficient (Wildman–Crippen LogP) is 5.79. The number of H-pyrrole nitrogens is 1. The van der Waals surface area contributed by atoms with Crippen molar-refractivity contribution in [2.24, 2.45) is 5.92 Å². The smallest absolute Gasteiger partial charge is 0.407 e. The molecule has 3 aromatic rings. The molecule has 0 saturated carbocycles. The SMILES string of the molecule is CCC(OC(=O)NCCSc1cc(-c2ccc[nH]2)c2c3c(ccc(F)c13)NC2=O)C(C)C. The van der Waals surface area contributed by atoms with Gasteiger partial charge in [0.2, 0.25) is 0 Å². The van der Waals surface area contributed by atoms with Crippen LogP contribution in [0.3, 0.4) is 0 Å². The summed E-state index contributed by atoms with van der Waals surface area (Å²) in [6, 6.07) is 8.55.